The van der Waals surface area contributed by atoms with Crippen molar-refractivity contribution in [2.45, 2.75) is 12.8 Å². The predicted octanol–water partition coefficient (Wildman–Crippen LogP) is 2.22. The van der Waals surface area contributed by atoms with Gasteiger partial charge in [0.2, 0.25) is 6.61 Å². The van der Waals surface area contributed by atoms with Gasteiger partial charge in [-0.1, -0.05) is 25.1 Å². The first kappa shape index (κ1) is 5.78. The van der Waals surface area contributed by atoms with Gasteiger partial charge in [0, 0.05) is 11.5 Å². The van der Waals surface area contributed by atoms with Crippen LogP contribution < -0.4 is 4.74 Å². The summed E-state index contributed by atoms with van der Waals surface area (Å²) >= 11 is 0. The molecule has 0 saturated carbocycles. The molecule has 2 rings (SSSR count). The zero-order valence-corrected chi connectivity index (χ0v) is 5.79. The highest BCUT2D eigenvalue weighted by Crippen LogP contribution is 2.34. The van der Waals surface area contributed by atoms with Crippen LogP contribution in [0.3, 0.4) is 0 Å². The minimum Gasteiger partial charge on any atom is -0.477 e. The Labute approximate surface area is 60.6 Å². The topological polar surface area (TPSA) is 9.23 Å². The van der Waals surface area contributed by atoms with Gasteiger partial charge in [-0.05, 0) is 6.07 Å². The lowest BCUT2D eigenvalue weighted by atomic mass is 10.0. The van der Waals surface area contributed by atoms with Crippen LogP contribution in [0.1, 0.15) is 18.4 Å². The van der Waals surface area contributed by atoms with E-state index in [2.05, 4.69) is 19.6 Å². The molecule has 1 unspecified atom stereocenters. The first-order chi connectivity index (χ1) is 4.88. The van der Waals surface area contributed by atoms with Crippen LogP contribution in [-0.4, -0.2) is 0 Å². The van der Waals surface area contributed by atoms with Crippen LogP contribution in [0.4, 0.5) is 0 Å². The predicted molar refractivity (Wildman–Crippen MR) is 38.7 cm³/mol. The van der Waals surface area contributed by atoms with E-state index in [1.807, 2.05) is 18.2 Å². The van der Waals surface area contributed by atoms with E-state index >= 15 is 0 Å². The second-order valence-electron chi connectivity index (χ2n) is 2.48. The maximum atomic E-state index is 5.16. The molecule has 1 heterocycles. The van der Waals surface area contributed by atoms with Crippen LogP contribution in [0.5, 0.6) is 5.75 Å². The fourth-order valence-electron chi connectivity index (χ4n) is 1.15. The van der Waals surface area contributed by atoms with Gasteiger partial charge < -0.3 is 4.74 Å². The molecular formula is C9H8O. The third-order valence-electron chi connectivity index (χ3n) is 1.73. The molecule has 0 saturated heterocycles. The summed E-state index contributed by atoms with van der Waals surface area (Å²) in [6, 6.07) is 8.02. The standard InChI is InChI=1S/C9H8O/c1-7-6-10-9-5-3-2-4-8(7)9/h2-5,7H,1H3. The number of fused-ring (bicyclic) bond motifs is 1. The molecule has 1 aliphatic heterocycles. The molecule has 2 radical (unpaired) electrons. The fraction of sp³-hybridized carbons (Fsp3) is 0.222. The van der Waals surface area contributed by atoms with E-state index in [9.17, 15) is 0 Å². The van der Waals surface area contributed by atoms with Crippen molar-refractivity contribution in [3.05, 3.63) is 36.4 Å². The summed E-state index contributed by atoms with van der Waals surface area (Å²) in [7, 11) is 0. The van der Waals surface area contributed by atoms with Crippen molar-refractivity contribution < 1.29 is 4.74 Å². The second kappa shape index (κ2) is 2.01. The average molecular weight is 132 g/mol. The van der Waals surface area contributed by atoms with Crippen LogP contribution in [0, 0.1) is 6.61 Å². The minimum atomic E-state index is 0.330. The third kappa shape index (κ3) is 0.703. The second-order valence-corrected chi connectivity index (χ2v) is 2.48. The molecule has 0 amide bonds. The molecule has 50 valence electrons. The largest absolute Gasteiger partial charge is 0.477 e. The Hall–Kier alpha value is -0.980. The summed E-state index contributed by atoms with van der Waals surface area (Å²) < 4.78 is 5.16. The van der Waals surface area contributed by atoms with Crippen molar-refractivity contribution in [2.75, 3.05) is 0 Å². The van der Waals surface area contributed by atoms with Gasteiger partial charge in [0.15, 0.2) is 0 Å². The SMILES string of the molecule is CC1[C]Oc2ccccc21. The highest BCUT2D eigenvalue weighted by molar-refractivity contribution is 5.40. The van der Waals surface area contributed by atoms with Crippen LogP contribution >= 0.6 is 0 Å². The van der Waals surface area contributed by atoms with E-state index in [1.54, 1.807) is 0 Å². The number of rotatable bonds is 0. The van der Waals surface area contributed by atoms with Crippen molar-refractivity contribution >= 4 is 0 Å². The Morgan fingerprint density at radius 1 is 1.40 bits per heavy atom. The minimum absolute atomic E-state index is 0.330. The first-order valence-corrected chi connectivity index (χ1v) is 3.39. The molecule has 1 aromatic carbocycles. The zero-order chi connectivity index (χ0) is 6.97. The summed E-state index contributed by atoms with van der Waals surface area (Å²) in [5.41, 5.74) is 1.24. The van der Waals surface area contributed by atoms with Gasteiger partial charge in [-0.25, -0.2) is 0 Å². The number of hydrogen-bond donors (Lipinski definition) is 0. The Kier molecular flexibility index (Phi) is 1.16. The molecule has 1 atom stereocenters. The Morgan fingerprint density at radius 2 is 2.20 bits per heavy atom. The van der Waals surface area contributed by atoms with E-state index in [0.717, 1.165) is 5.75 Å². The number of ether oxygens (including phenoxy) is 1. The normalized spacial score (nSPS) is 21.9. The summed E-state index contributed by atoms with van der Waals surface area (Å²) in [5, 5.41) is 0. The van der Waals surface area contributed by atoms with E-state index < -0.39 is 0 Å². The molecule has 0 aromatic heterocycles. The molecule has 0 N–H and O–H groups in total. The smallest absolute Gasteiger partial charge is 0.204 e. The van der Waals surface area contributed by atoms with Gasteiger partial charge in [-0.3, -0.25) is 0 Å². The molecule has 0 bridgehead atoms. The van der Waals surface area contributed by atoms with Gasteiger partial charge in [0.05, 0.1) is 0 Å². The molecule has 0 fully saturated rings. The maximum Gasteiger partial charge on any atom is 0.204 e. The van der Waals surface area contributed by atoms with Crippen molar-refractivity contribution in [1.29, 1.82) is 0 Å². The lowest BCUT2D eigenvalue weighted by molar-refractivity contribution is 0.420. The van der Waals surface area contributed by atoms with Gasteiger partial charge in [-0.2, -0.15) is 0 Å². The molecular weight excluding hydrogens is 124 g/mol. The highest BCUT2D eigenvalue weighted by atomic mass is 16.5. The van der Waals surface area contributed by atoms with Crippen molar-refractivity contribution in [3.8, 4) is 5.75 Å². The molecule has 1 heteroatoms. The van der Waals surface area contributed by atoms with E-state index in [4.69, 9.17) is 4.74 Å². The zero-order valence-electron chi connectivity index (χ0n) is 5.79. The van der Waals surface area contributed by atoms with E-state index in [1.165, 1.54) is 5.56 Å². The van der Waals surface area contributed by atoms with Crippen LogP contribution in [0.15, 0.2) is 24.3 Å². The Bertz CT molecular complexity index is 242. The van der Waals surface area contributed by atoms with Gasteiger partial charge >= 0.3 is 0 Å². The summed E-state index contributed by atoms with van der Waals surface area (Å²) in [6.07, 6.45) is 0. The first-order valence-electron chi connectivity index (χ1n) is 3.39. The van der Waals surface area contributed by atoms with Gasteiger partial charge in [-0.15, -0.1) is 0 Å². The van der Waals surface area contributed by atoms with Crippen LogP contribution in [0.2, 0.25) is 0 Å². The fourth-order valence-corrected chi connectivity index (χ4v) is 1.15. The average Bonchev–Trinajstić information content (AvgIpc) is 2.34. The van der Waals surface area contributed by atoms with Gasteiger partial charge in [0.1, 0.15) is 5.75 Å². The highest BCUT2D eigenvalue weighted by Gasteiger charge is 2.20. The van der Waals surface area contributed by atoms with Crippen molar-refractivity contribution in [3.63, 3.8) is 0 Å². The van der Waals surface area contributed by atoms with Gasteiger partial charge in [0.25, 0.3) is 0 Å². The summed E-state index contributed by atoms with van der Waals surface area (Å²) in [4.78, 5) is 0. The maximum absolute atomic E-state index is 5.16. The van der Waals surface area contributed by atoms with Crippen LogP contribution in [-0.2, 0) is 0 Å². The van der Waals surface area contributed by atoms with E-state index in [0.29, 0.717) is 5.92 Å². The number of hydrogen-bond acceptors (Lipinski definition) is 1. The number of para-hydroxylation sites is 1. The lowest BCUT2D eigenvalue weighted by Gasteiger charge is -1.95. The van der Waals surface area contributed by atoms with Crippen LogP contribution in [0.25, 0.3) is 0 Å². The Morgan fingerprint density at radius 3 is 3.00 bits per heavy atom. The van der Waals surface area contributed by atoms with Crippen molar-refractivity contribution in [1.82, 2.24) is 0 Å². The monoisotopic (exact) mass is 132 g/mol. The lowest BCUT2D eigenvalue weighted by Crippen LogP contribution is -1.84. The Balaban J connectivity index is 2.51. The van der Waals surface area contributed by atoms with Crippen molar-refractivity contribution in [2.24, 2.45) is 0 Å². The number of benzene rings is 1. The molecule has 0 spiro atoms. The summed E-state index contributed by atoms with van der Waals surface area (Å²) in [5.74, 6) is 1.28. The van der Waals surface area contributed by atoms with E-state index in [-0.39, 0.29) is 0 Å². The molecule has 10 heavy (non-hydrogen) atoms. The molecule has 0 aliphatic carbocycles. The molecule has 1 nitrogen and oxygen atoms in total. The quantitative estimate of drug-likeness (QED) is 0.526. The third-order valence-corrected chi connectivity index (χ3v) is 1.73. The molecule has 1 aliphatic rings. The molecule has 1 aromatic rings. The summed E-state index contributed by atoms with van der Waals surface area (Å²) in [6.45, 7) is 4.96.